The first-order valence-electron chi connectivity index (χ1n) is 9.87. The summed E-state index contributed by atoms with van der Waals surface area (Å²) in [4.78, 5) is 0. The van der Waals surface area contributed by atoms with Crippen molar-refractivity contribution in [2.45, 2.75) is 10.0 Å². The Bertz CT molecular complexity index is 1110. The third-order valence-corrected chi connectivity index (χ3v) is 10.0. The van der Waals surface area contributed by atoms with Gasteiger partial charge in [0.25, 0.3) is 0 Å². The molecule has 5 heteroatoms. The molecule has 0 heterocycles. The van der Waals surface area contributed by atoms with Gasteiger partial charge in [0.2, 0.25) is 0 Å². The summed E-state index contributed by atoms with van der Waals surface area (Å²) in [5, 5.41) is 0. The fraction of sp³-hybridized carbons (Fsp3) is 0.154. The van der Waals surface area contributed by atoms with Crippen molar-refractivity contribution in [1.82, 2.24) is 0 Å². The molecule has 0 amide bonds. The van der Waals surface area contributed by atoms with Gasteiger partial charge in [-0.2, -0.15) is 0 Å². The predicted octanol–water partition coefficient (Wildman–Crippen LogP) is 0.235. The van der Waals surface area contributed by atoms with Gasteiger partial charge in [0.15, 0.2) is 0 Å². The van der Waals surface area contributed by atoms with Crippen molar-refractivity contribution < 1.29 is 57.5 Å². The van der Waals surface area contributed by atoms with Crippen molar-refractivity contribution >= 4 is 5.57 Å². The van der Waals surface area contributed by atoms with Crippen molar-refractivity contribution in [3.8, 4) is 22.6 Å². The summed E-state index contributed by atoms with van der Waals surface area (Å²) in [5.41, 5.74) is 8.35. The molecule has 0 saturated carbocycles. The molecule has 0 saturated heterocycles. The number of hydrogen-bond acceptors (Lipinski definition) is 2. The Labute approximate surface area is 207 Å². The van der Waals surface area contributed by atoms with Crippen molar-refractivity contribution in [2.24, 2.45) is 0 Å². The van der Waals surface area contributed by atoms with E-state index >= 15 is 0 Å². The minimum absolute atomic E-state index is 0. The van der Waals surface area contributed by atoms with E-state index in [4.69, 9.17) is 9.47 Å². The fourth-order valence-corrected chi connectivity index (χ4v) is 8.83. The summed E-state index contributed by atoms with van der Waals surface area (Å²) < 4.78 is 13.5. The number of rotatable bonds is 5. The van der Waals surface area contributed by atoms with Crippen LogP contribution in [0.1, 0.15) is 26.7 Å². The summed E-state index contributed by atoms with van der Waals surface area (Å²) in [6.45, 7) is 0. The Morgan fingerprint density at radius 2 is 1.35 bits per heavy atom. The third-order valence-electron chi connectivity index (χ3n) is 5.78. The molecule has 0 fully saturated rings. The van der Waals surface area contributed by atoms with Gasteiger partial charge in [-0.1, -0.05) is 0 Å². The van der Waals surface area contributed by atoms with Gasteiger partial charge in [-0.3, -0.25) is 0 Å². The molecule has 5 rings (SSSR count). The van der Waals surface area contributed by atoms with Crippen LogP contribution in [0.5, 0.6) is 11.5 Å². The summed E-state index contributed by atoms with van der Waals surface area (Å²) in [6.07, 6.45) is 5.64. The Hall–Kier alpha value is -1.80. The van der Waals surface area contributed by atoms with E-state index in [2.05, 4.69) is 72.8 Å². The Balaban J connectivity index is 0.00000136. The molecule has 2 nitrogen and oxygen atoms in total. The summed E-state index contributed by atoms with van der Waals surface area (Å²) >= 11 is -0.919. The van der Waals surface area contributed by atoms with Crippen LogP contribution in [0.15, 0.2) is 82.2 Å². The summed E-state index contributed by atoms with van der Waals surface area (Å²) in [7, 11) is 3.42. The van der Waals surface area contributed by atoms with Crippen LogP contribution in [0.4, 0.5) is 0 Å². The van der Waals surface area contributed by atoms with Gasteiger partial charge < -0.3 is 24.8 Å². The average Bonchev–Trinajstić information content (AvgIpc) is 3.37. The number of fused-ring (bicyclic) bond motifs is 3. The first-order chi connectivity index (χ1) is 14.3. The molecule has 0 bridgehead atoms. The van der Waals surface area contributed by atoms with Crippen LogP contribution < -0.4 is 34.3 Å². The number of allylic oxidation sites excluding steroid dienone is 4. The van der Waals surface area contributed by atoms with Crippen LogP contribution in [0.2, 0.25) is 0 Å². The zero-order chi connectivity index (χ0) is 19.8. The van der Waals surface area contributed by atoms with E-state index in [1.54, 1.807) is 17.5 Å². The number of hydrogen-bond donors (Lipinski definition) is 0. The number of para-hydroxylation sites is 1. The Morgan fingerprint density at radius 1 is 0.742 bits per heavy atom. The van der Waals surface area contributed by atoms with E-state index in [1.165, 1.54) is 27.8 Å². The normalized spacial score (nSPS) is 13.6. The van der Waals surface area contributed by atoms with Crippen molar-refractivity contribution in [1.29, 1.82) is 0 Å². The molecule has 0 atom stereocenters. The standard InChI is InChI=1S/C13H13O2.C13H9.2ClH.Zr/c1-14-12-9-5-8-11(13(12)15-2)10-6-3-4-7-10;1-3-7-12-10(5-1)9-11-6-2-4-8-13(11)12;;;/h3,5-6,8-9H,4H2,1-2H3;1-9H;2*1H;/q;;;;+2/p-2. The fourth-order valence-electron chi connectivity index (χ4n) is 4.48. The SMILES string of the molecule is COc1cccc(C2=[C]([Zr+2][CH]3c4ccccc4-c4ccccc43)CC=C2)c1OC.[Cl-].[Cl-]. The topological polar surface area (TPSA) is 18.5 Å². The van der Waals surface area contributed by atoms with Crippen LogP contribution in [0, 0.1) is 0 Å². The van der Waals surface area contributed by atoms with E-state index in [0.29, 0.717) is 3.63 Å². The molecule has 0 unspecified atom stereocenters. The van der Waals surface area contributed by atoms with E-state index in [-0.39, 0.29) is 24.8 Å². The Kier molecular flexibility index (Phi) is 7.86. The molecule has 156 valence electrons. The first kappa shape index (κ1) is 23.9. The second kappa shape index (κ2) is 10.2. The minimum atomic E-state index is -0.919. The Morgan fingerprint density at radius 3 is 1.97 bits per heavy atom. The molecule has 2 aliphatic carbocycles. The zero-order valence-electron chi connectivity index (χ0n) is 17.4. The third kappa shape index (κ3) is 4.16. The molecular formula is C26H22Cl2O2Zr. The number of halogens is 2. The average molecular weight is 529 g/mol. The second-order valence-corrected chi connectivity index (χ2v) is 10.9. The van der Waals surface area contributed by atoms with E-state index in [0.717, 1.165) is 23.5 Å². The molecule has 0 aliphatic heterocycles. The van der Waals surface area contributed by atoms with E-state index < -0.39 is 23.2 Å². The molecule has 2 aliphatic rings. The maximum Gasteiger partial charge on any atom is -1.00 e. The number of ether oxygens (including phenoxy) is 2. The molecule has 31 heavy (non-hydrogen) atoms. The first-order valence-corrected chi connectivity index (χ1v) is 12.5. The minimum Gasteiger partial charge on any atom is -1.00 e. The molecule has 0 N–H and O–H groups in total. The van der Waals surface area contributed by atoms with Gasteiger partial charge in [-0.05, 0) is 0 Å². The van der Waals surface area contributed by atoms with Crippen LogP contribution in [0.25, 0.3) is 16.7 Å². The van der Waals surface area contributed by atoms with Crippen molar-refractivity contribution in [3.63, 3.8) is 0 Å². The van der Waals surface area contributed by atoms with Crippen molar-refractivity contribution in [3.05, 3.63) is 98.9 Å². The van der Waals surface area contributed by atoms with E-state index in [1.807, 2.05) is 6.07 Å². The van der Waals surface area contributed by atoms with Gasteiger partial charge in [-0.15, -0.1) is 0 Å². The molecular weight excluding hydrogens is 506 g/mol. The maximum atomic E-state index is 5.74. The zero-order valence-corrected chi connectivity index (χ0v) is 21.3. The number of benzene rings is 3. The maximum absolute atomic E-state index is 5.74. The quantitative estimate of drug-likeness (QED) is 0.473. The van der Waals surface area contributed by atoms with Crippen LogP contribution in [-0.4, -0.2) is 14.2 Å². The van der Waals surface area contributed by atoms with Gasteiger partial charge in [0.05, 0.1) is 0 Å². The molecule has 3 aromatic rings. The monoisotopic (exact) mass is 526 g/mol. The largest absolute Gasteiger partial charge is 1.00 e. The van der Waals surface area contributed by atoms with Crippen LogP contribution in [-0.2, 0) is 23.2 Å². The van der Waals surface area contributed by atoms with Crippen LogP contribution >= 0.6 is 0 Å². The van der Waals surface area contributed by atoms with Crippen LogP contribution in [0.3, 0.4) is 0 Å². The molecule has 0 aromatic heterocycles. The van der Waals surface area contributed by atoms with Gasteiger partial charge in [-0.25, -0.2) is 0 Å². The van der Waals surface area contributed by atoms with E-state index in [9.17, 15) is 0 Å². The van der Waals surface area contributed by atoms with Gasteiger partial charge in [0.1, 0.15) is 0 Å². The molecule has 0 spiro atoms. The number of methoxy groups -OCH3 is 2. The smallest absolute Gasteiger partial charge is 1.00 e. The molecule has 0 radical (unpaired) electrons. The van der Waals surface area contributed by atoms with Gasteiger partial charge >= 0.3 is 184 Å². The second-order valence-electron chi connectivity index (χ2n) is 7.29. The molecule has 3 aromatic carbocycles. The predicted molar refractivity (Wildman–Crippen MR) is 114 cm³/mol. The van der Waals surface area contributed by atoms with Gasteiger partial charge in [0, 0.05) is 0 Å². The van der Waals surface area contributed by atoms with Crippen molar-refractivity contribution in [2.75, 3.05) is 14.2 Å². The summed E-state index contributed by atoms with van der Waals surface area (Å²) in [5.74, 6) is 1.62. The summed E-state index contributed by atoms with van der Waals surface area (Å²) in [6, 6.07) is 24.1.